The molecule has 7 atom stereocenters. The minimum atomic E-state index is -1.62. The standard InChI is InChI=1S/C38H44O9/c1-20(2)11-9-16-35(7)18-15-22-28(40)27-30(23(29(22)44-35)14-13-21(3)4)45-38-25-19-24(33-37(38,46-33)32(27)42)31(41)36(38,47-34(25,5)6)17-10-12-26(39)43-8/h10-13,15,18,24-25,33,40H,9,14,16-17,19H2,1-8H3/b12-10+/t24-,25?,33?,35-,36+,37?,38-/m1/s1. The average Bonchev–Trinajstić information content (AvgIpc) is 3.73. The van der Waals surface area contributed by atoms with E-state index in [9.17, 15) is 14.7 Å². The molecule has 250 valence electrons. The summed E-state index contributed by atoms with van der Waals surface area (Å²) < 4.78 is 32.0. The molecule has 7 aliphatic rings. The van der Waals surface area contributed by atoms with Crippen LogP contribution in [0.1, 0.15) is 95.6 Å². The van der Waals surface area contributed by atoms with Gasteiger partial charge in [0.15, 0.2) is 17.0 Å². The summed E-state index contributed by atoms with van der Waals surface area (Å²) >= 11 is 0. The maximum atomic E-state index is 15.0. The molecule has 0 amide bonds. The van der Waals surface area contributed by atoms with Crippen molar-refractivity contribution in [2.45, 2.75) is 115 Å². The Balaban J connectivity index is 1.45. The van der Waals surface area contributed by atoms with Crippen molar-refractivity contribution >= 4 is 23.6 Å². The summed E-state index contributed by atoms with van der Waals surface area (Å²) in [6.07, 6.45) is 12.4. The van der Waals surface area contributed by atoms with Gasteiger partial charge >= 0.3 is 5.97 Å². The number of phenolic OH excluding ortho intramolecular Hbond substituents is 1. The van der Waals surface area contributed by atoms with Gasteiger partial charge in [-0.25, -0.2) is 4.79 Å². The van der Waals surface area contributed by atoms with Gasteiger partial charge in [0.05, 0.1) is 24.2 Å². The van der Waals surface area contributed by atoms with Crippen molar-refractivity contribution in [3.05, 3.63) is 58.2 Å². The molecule has 2 saturated heterocycles. The lowest BCUT2D eigenvalue weighted by Crippen LogP contribution is -2.80. The molecule has 8 rings (SSSR count). The van der Waals surface area contributed by atoms with Crippen molar-refractivity contribution in [3.63, 3.8) is 0 Å². The quantitative estimate of drug-likeness (QED) is 0.154. The largest absolute Gasteiger partial charge is 0.506 e. The topological polar surface area (TPSA) is 121 Å². The van der Waals surface area contributed by atoms with Gasteiger partial charge in [-0.3, -0.25) is 9.59 Å². The predicted octanol–water partition coefficient (Wildman–Crippen LogP) is 6.15. The van der Waals surface area contributed by atoms with E-state index in [0.29, 0.717) is 36.1 Å². The fourth-order valence-corrected chi connectivity index (χ4v) is 9.13. The van der Waals surface area contributed by atoms with Crippen molar-refractivity contribution in [2.75, 3.05) is 7.11 Å². The number of benzene rings is 1. The number of allylic oxidation sites excluding steroid dienone is 4. The zero-order chi connectivity index (χ0) is 33.9. The summed E-state index contributed by atoms with van der Waals surface area (Å²) in [6, 6.07) is 0. The molecule has 3 unspecified atom stereocenters. The van der Waals surface area contributed by atoms with Gasteiger partial charge in [0, 0.05) is 24.0 Å². The average molecular weight is 645 g/mol. The zero-order valence-corrected chi connectivity index (χ0v) is 28.4. The van der Waals surface area contributed by atoms with Crippen LogP contribution >= 0.6 is 0 Å². The summed E-state index contributed by atoms with van der Waals surface area (Å²) in [5, 5.41) is 11.9. The number of carbonyl (C=O) groups is 3. The first-order chi connectivity index (χ1) is 22.1. The Kier molecular flexibility index (Phi) is 6.89. The van der Waals surface area contributed by atoms with Crippen LogP contribution in [0.4, 0.5) is 0 Å². The number of ether oxygens (including phenoxy) is 5. The van der Waals surface area contributed by atoms with Crippen molar-refractivity contribution in [2.24, 2.45) is 11.8 Å². The van der Waals surface area contributed by atoms with Gasteiger partial charge in [-0.05, 0) is 86.3 Å². The summed E-state index contributed by atoms with van der Waals surface area (Å²) in [6.45, 7) is 14.0. The summed E-state index contributed by atoms with van der Waals surface area (Å²) in [5.74, 6) is -1.71. The molecule has 1 aromatic rings. The Bertz CT molecular complexity index is 1740. The van der Waals surface area contributed by atoms with E-state index in [1.54, 1.807) is 6.08 Å². The number of rotatable bonds is 8. The summed E-state index contributed by atoms with van der Waals surface area (Å²) in [4.78, 5) is 41.6. The van der Waals surface area contributed by atoms with Crippen LogP contribution in [0.25, 0.3) is 6.08 Å². The second-order valence-electron chi connectivity index (χ2n) is 15.2. The van der Waals surface area contributed by atoms with E-state index in [2.05, 4.69) is 19.9 Å². The van der Waals surface area contributed by atoms with Gasteiger partial charge in [-0.15, -0.1) is 0 Å². The smallest absolute Gasteiger partial charge is 0.330 e. The normalized spacial score (nSPS) is 36.0. The van der Waals surface area contributed by atoms with Crippen LogP contribution in [-0.4, -0.2) is 63.9 Å². The summed E-state index contributed by atoms with van der Waals surface area (Å²) in [7, 11) is 1.28. The van der Waals surface area contributed by atoms with Crippen LogP contribution in [0.3, 0.4) is 0 Å². The summed E-state index contributed by atoms with van der Waals surface area (Å²) in [5.41, 5.74) is -2.85. The number of hydrogen-bond donors (Lipinski definition) is 1. The minimum Gasteiger partial charge on any atom is -0.506 e. The third-order valence-corrected chi connectivity index (χ3v) is 11.2. The van der Waals surface area contributed by atoms with Gasteiger partial charge in [-0.2, -0.15) is 0 Å². The number of methoxy groups -OCH3 is 1. The van der Waals surface area contributed by atoms with Crippen molar-refractivity contribution in [1.82, 2.24) is 0 Å². The van der Waals surface area contributed by atoms with Gasteiger partial charge < -0.3 is 28.8 Å². The van der Waals surface area contributed by atoms with E-state index in [1.807, 2.05) is 52.8 Å². The van der Waals surface area contributed by atoms with Crippen LogP contribution in [0.2, 0.25) is 0 Å². The first kappa shape index (κ1) is 31.9. The molecule has 2 spiro atoms. The van der Waals surface area contributed by atoms with Crippen molar-refractivity contribution in [3.8, 4) is 17.2 Å². The lowest BCUT2D eigenvalue weighted by molar-refractivity contribution is -0.192. The molecule has 5 fully saturated rings. The van der Waals surface area contributed by atoms with Crippen molar-refractivity contribution < 1.29 is 43.2 Å². The van der Waals surface area contributed by atoms with E-state index in [0.717, 1.165) is 12.0 Å². The van der Waals surface area contributed by atoms with Crippen LogP contribution in [0.5, 0.6) is 17.2 Å². The molecule has 0 aromatic heterocycles. The van der Waals surface area contributed by atoms with E-state index >= 15 is 4.79 Å². The van der Waals surface area contributed by atoms with E-state index < -0.39 is 57.7 Å². The first-order valence-corrected chi connectivity index (χ1v) is 16.6. The molecule has 0 radical (unpaired) electrons. The fourth-order valence-electron chi connectivity index (χ4n) is 9.13. The second-order valence-corrected chi connectivity index (χ2v) is 15.2. The molecule has 1 N–H and O–H groups in total. The highest BCUT2D eigenvalue weighted by atomic mass is 16.7. The Hall–Kier alpha value is -3.69. The van der Waals surface area contributed by atoms with Gasteiger partial charge in [0.25, 0.3) is 0 Å². The number of carbonyl (C=O) groups excluding carboxylic acids is 3. The molecule has 47 heavy (non-hydrogen) atoms. The highest BCUT2D eigenvalue weighted by Crippen LogP contribution is 2.77. The maximum Gasteiger partial charge on any atom is 0.330 e. The molecule has 4 aliphatic heterocycles. The Morgan fingerprint density at radius 2 is 1.79 bits per heavy atom. The van der Waals surface area contributed by atoms with Crippen molar-refractivity contribution in [1.29, 1.82) is 0 Å². The number of hydrogen-bond acceptors (Lipinski definition) is 9. The number of Topliss-reactive ketones (excluding diaryl/α,β-unsaturated/α-hetero) is 2. The number of epoxide rings is 1. The molecular formula is C38H44O9. The van der Waals surface area contributed by atoms with Crippen LogP contribution in [-0.2, 0) is 30.2 Å². The van der Waals surface area contributed by atoms with Crippen LogP contribution < -0.4 is 9.47 Å². The zero-order valence-electron chi connectivity index (χ0n) is 28.4. The number of aromatic hydroxyl groups is 1. The SMILES string of the molecule is COC(=O)/C=C/C[C@]12OC(C)(C)C3C[C@H](C1=O)C1OC14C(=O)c1c(O)c5c(c(CC=C(C)C)c1O[C@@]342)O[C@](C)(CCC=C(C)C)C=C5. The molecule has 3 saturated carbocycles. The number of esters is 1. The third-order valence-electron chi connectivity index (χ3n) is 11.2. The van der Waals surface area contributed by atoms with E-state index in [4.69, 9.17) is 23.7 Å². The molecule has 4 heterocycles. The van der Waals surface area contributed by atoms with E-state index in [1.165, 1.54) is 18.8 Å². The minimum absolute atomic E-state index is 0.0142. The molecule has 9 nitrogen and oxygen atoms in total. The highest BCUT2D eigenvalue weighted by molar-refractivity contribution is 6.16. The molecule has 3 aliphatic carbocycles. The predicted molar refractivity (Wildman–Crippen MR) is 174 cm³/mol. The Morgan fingerprint density at radius 1 is 1.06 bits per heavy atom. The third kappa shape index (κ3) is 4.05. The monoisotopic (exact) mass is 644 g/mol. The molecular weight excluding hydrogens is 600 g/mol. The Morgan fingerprint density at radius 3 is 2.47 bits per heavy atom. The fraction of sp³-hybridized carbons (Fsp3) is 0.553. The second kappa shape index (κ2) is 10.2. The molecule has 9 heteroatoms. The van der Waals surface area contributed by atoms with Crippen LogP contribution in [0, 0.1) is 11.8 Å². The lowest BCUT2D eigenvalue weighted by Gasteiger charge is -2.58. The van der Waals surface area contributed by atoms with Gasteiger partial charge in [0.1, 0.15) is 34.5 Å². The molecule has 4 bridgehead atoms. The number of fused-ring (bicyclic) bond motifs is 2. The highest BCUT2D eigenvalue weighted by Gasteiger charge is 2.97. The Labute approximate surface area is 275 Å². The van der Waals surface area contributed by atoms with E-state index in [-0.39, 0.29) is 29.3 Å². The maximum absolute atomic E-state index is 15.0. The number of ketones is 2. The first-order valence-electron chi connectivity index (χ1n) is 16.6. The lowest BCUT2D eigenvalue weighted by atomic mass is 9.46. The van der Waals surface area contributed by atoms with Gasteiger partial charge in [-0.1, -0.05) is 29.4 Å². The molecule has 1 aromatic carbocycles. The van der Waals surface area contributed by atoms with Crippen LogP contribution in [0.15, 0.2) is 41.5 Å². The number of phenols is 1. The van der Waals surface area contributed by atoms with Gasteiger partial charge in [0.2, 0.25) is 11.4 Å².